The molecule has 0 radical (unpaired) electrons. The Morgan fingerprint density at radius 3 is 2.69 bits per heavy atom. The fraction of sp³-hybridized carbons (Fsp3) is 0.448. The molecule has 1 N–H and O–H groups in total. The largest absolute Gasteiger partial charge is 0.361 e. The van der Waals surface area contributed by atoms with E-state index in [1.807, 2.05) is 25.1 Å². The first kappa shape index (κ1) is 22.5. The minimum absolute atomic E-state index is 0.216. The Kier molecular flexibility index (Phi) is 6.17. The van der Waals surface area contributed by atoms with Gasteiger partial charge in [0.25, 0.3) is 5.91 Å². The molecule has 0 spiro atoms. The Morgan fingerprint density at radius 1 is 1.09 bits per heavy atom. The zero-order chi connectivity index (χ0) is 23.8. The normalized spacial score (nSPS) is 21.5. The van der Waals surface area contributed by atoms with Gasteiger partial charge in [-0.25, -0.2) is 0 Å². The molecule has 0 saturated carbocycles. The predicted octanol–water partition coefficient (Wildman–Crippen LogP) is 4.74. The number of likely N-dealkylation sites (tertiary alicyclic amines) is 1. The number of amides is 1. The molecule has 1 amide bonds. The topological polar surface area (TPSA) is 61.6 Å². The molecule has 35 heavy (non-hydrogen) atoms. The molecule has 1 aromatic heterocycles. The van der Waals surface area contributed by atoms with Gasteiger partial charge in [-0.05, 0) is 75.4 Å². The summed E-state index contributed by atoms with van der Waals surface area (Å²) in [6, 6.07) is 17.3. The van der Waals surface area contributed by atoms with Crippen LogP contribution in [0.5, 0.6) is 0 Å². The average Bonchev–Trinajstić information content (AvgIpc) is 3.44. The maximum Gasteiger partial charge on any atom is 0.254 e. The van der Waals surface area contributed by atoms with E-state index in [0.717, 1.165) is 87.5 Å². The Morgan fingerprint density at radius 2 is 1.91 bits per heavy atom. The van der Waals surface area contributed by atoms with Crippen molar-refractivity contribution in [1.29, 1.82) is 0 Å². The fourth-order valence-electron chi connectivity index (χ4n) is 6.06. The molecule has 0 aliphatic carbocycles. The third-order valence-corrected chi connectivity index (χ3v) is 8.15. The SMILES string of the molecule is Cc1onc(-c2ccccc2)c1CN1CCC(c2ccc3c(c2)CN(C2CCCNC2)C3=O)CC1. The van der Waals surface area contributed by atoms with Crippen molar-refractivity contribution in [2.75, 3.05) is 26.2 Å². The number of aromatic nitrogens is 1. The molecular formula is C29H34N4O2. The first-order valence-corrected chi connectivity index (χ1v) is 13.0. The van der Waals surface area contributed by atoms with Crippen molar-refractivity contribution < 1.29 is 9.32 Å². The van der Waals surface area contributed by atoms with Gasteiger partial charge >= 0.3 is 0 Å². The number of hydrogen-bond donors (Lipinski definition) is 1. The molecule has 3 aromatic rings. The summed E-state index contributed by atoms with van der Waals surface area (Å²) in [7, 11) is 0. The molecule has 6 nitrogen and oxygen atoms in total. The van der Waals surface area contributed by atoms with Crippen LogP contribution in [-0.2, 0) is 13.1 Å². The Balaban J connectivity index is 1.10. The van der Waals surface area contributed by atoms with Gasteiger partial charge in [0.1, 0.15) is 11.5 Å². The summed E-state index contributed by atoms with van der Waals surface area (Å²) in [5.41, 5.74) is 6.79. The molecule has 1 atom stereocenters. The fourth-order valence-corrected chi connectivity index (χ4v) is 6.06. The van der Waals surface area contributed by atoms with Crippen molar-refractivity contribution in [2.45, 2.75) is 57.7 Å². The first-order chi connectivity index (χ1) is 17.2. The van der Waals surface area contributed by atoms with Crippen molar-refractivity contribution in [3.63, 3.8) is 0 Å². The summed E-state index contributed by atoms with van der Waals surface area (Å²) in [6.07, 6.45) is 4.52. The van der Waals surface area contributed by atoms with Crippen molar-refractivity contribution in [2.24, 2.45) is 0 Å². The predicted molar refractivity (Wildman–Crippen MR) is 136 cm³/mol. The third-order valence-electron chi connectivity index (χ3n) is 8.15. The molecule has 182 valence electrons. The number of benzene rings is 2. The Hall–Kier alpha value is -2.96. The minimum Gasteiger partial charge on any atom is -0.361 e. The van der Waals surface area contributed by atoms with E-state index in [-0.39, 0.29) is 5.91 Å². The highest BCUT2D eigenvalue weighted by Gasteiger charge is 2.34. The van der Waals surface area contributed by atoms with Gasteiger partial charge in [0.15, 0.2) is 0 Å². The van der Waals surface area contributed by atoms with Crippen molar-refractivity contribution >= 4 is 5.91 Å². The zero-order valence-corrected chi connectivity index (χ0v) is 20.5. The quantitative estimate of drug-likeness (QED) is 0.584. The second-order valence-corrected chi connectivity index (χ2v) is 10.3. The van der Waals surface area contributed by atoms with E-state index >= 15 is 0 Å². The molecule has 3 aliphatic rings. The van der Waals surface area contributed by atoms with Crippen LogP contribution in [0.1, 0.15) is 64.4 Å². The molecule has 1 unspecified atom stereocenters. The van der Waals surface area contributed by atoms with E-state index in [4.69, 9.17) is 4.52 Å². The van der Waals surface area contributed by atoms with Crippen LogP contribution in [0.3, 0.4) is 0 Å². The maximum absolute atomic E-state index is 13.0. The number of aryl methyl sites for hydroxylation is 1. The molecule has 2 fully saturated rings. The van der Waals surface area contributed by atoms with E-state index in [2.05, 4.69) is 50.6 Å². The monoisotopic (exact) mass is 470 g/mol. The lowest BCUT2D eigenvalue weighted by Crippen LogP contribution is -2.46. The van der Waals surface area contributed by atoms with Crippen LogP contribution in [-0.4, -0.2) is 53.1 Å². The average molecular weight is 471 g/mol. The lowest BCUT2D eigenvalue weighted by molar-refractivity contribution is 0.0674. The second-order valence-electron chi connectivity index (χ2n) is 10.3. The van der Waals surface area contributed by atoms with Gasteiger partial charge in [-0.2, -0.15) is 0 Å². The number of carbonyl (C=O) groups excluding carboxylic acids is 1. The molecule has 0 bridgehead atoms. The molecule has 2 aromatic carbocycles. The van der Waals surface area contributed by atoms with Crippen molar-refractivity contribution in [3.05, 3.63) is 76.5 Å². The van der Waals surface area contributed by atoms with Crippen LogP contribution in [0.25, 0.3) is 11.3 Å². The zero-order valence-electron chi connectivity index (χ0n) is 20.5. The van der Waals surface area contributed by atoms with Crippen LogP contribution in [0.4, 0.5) is 0 Å². The number of piperidine rings is 2. The number of nitrogens with one attached hydrogen (secondary N) is 1. The van der Waals surface area contributed by atoms with Gasteiger partial charge in [0, 0.05) is 42.4 Å². The lowest BCUT2D eigenvalue weighted by Gasteiger charge is -2.32. The van der Waals surface area contributed by atoms with E-state index in [0.29, 0.717) is 12.0 Å². The van der Waals surface area contributed by atoms with Crippen molar-refractivity contribution in [3.8, 4) is 11.3 Å². The number of rotatable bonds is 5. The summed E-state index contributed by atoms with van der Waals surface area (Å²) < 4.78 is 5.57. The van der Waals surface area contributed by atoms with Gasteiger partial charge in [0.2, 0.25) is 0 Å². The highest BCUT2D eigenvalue weighted by molar-refractivity contribution is 5.98. The smallest absolute Gasteiger partial charge is 0.254 e. The highest BCUT2D eigenvalue weighted by atomic mass is 16.5. The van der Waals surface area contributed by atoms with Crippen LogP contribution >= 0.6 is 0 Å². The van der Waals surface area contributed by atoms with E-state index in [1.165, 1.54) is 16.7 Å². The van der Waals surface area contributed by atoms with E-state index in [9.17, 15) is 4.79 Å². The molecule has 3 aliphatic heterocycles. The minimum atomic E-state index is 0.216. The van der Waals surface area contributed by atoms with Crippen LogP contribution in [0.15, 0.2) is 53.1 Å². The summed E-state index contributed by atoms with van der Waals surface area (Å²) in [6.45, 7) is 7.75. The van der Waals surface area contributed by atoms with Crippen molar-refractivity contribution in [1.82, 2.24) is 20.3 Å². The number of nitrogens with zero attached hydrogens (tertiary/aromatic N) is 3. The lowest BCUT2D eigenvalue weighted by atomic mass is 9.87. The van der Waals surface area contributed by atoms with Crippen LogP contribution in [0, 0.1) is 6.92 Å². The maximum atomic E-state index is 13.0. The summed E-state index contributed by atoms with van der Waals surface area (Å²) in [5.74, 6) is 1.68. The second kappa shape index (κ2) is 9.59. The number of fused-ring (bicyclic) bond motifs is 1. The summed E-state index contributed by atoms with van der Waals surface area (Å²) in [5, 5.41) is 7.81. The van der Waals surface area contributed by atoms with Gasteiger partial charge in [0.05, 0.1) is 0 Å². The van der Waals surface area contributed by atoms with E-state index in [1.54, 1.807) is 0 Å². The Bertz CT molecular complexity index is 1190. The van der Waals surface area contributed by atoms with Gasteiger partial charge < -0.3 is 14.7 Å². The molecule has 4 heterocycles. The molecule has 6 heteroatoms. The van der Waals surface area contributed by atoms with Gasteiger partial charge in [-0.1, -0.05) is 47.6 Å². The number of hydrogen-bond acceptors (Lipinski definition) is 5. The third kappa shape index (κ3) is 4.41. The standard InChI is InChI=1S/C29H34N4O2/c1-20-27(28(31-35-20)22-6-3-2-4-7-22)19-32-14-11-21(12-15-32)23-9-10-26-24(16-23)18-33(29(26)34)25-8-5-13-30-17-25/h2-4,6-7,9-10,16,21,25,30H,5,8,11-15,17-19H2,1H3. The van der Waals surface area contributed by atoms with Gasteiger partial charge in [-0.15, -0.1) is 0 Å². The van der Waals surface area contributed by atoms with Gasteiger partial charge in [-0.3, -0.25) is 9.69 Å². The number of carbonyl (C=O) groups is 1. The molecule has 6 rings (SSSR count). The Labute approximate surface area is 207 Å². The summed E-state index contributed by atoms with van der Waals surface area (Å²) in [4.78, 5) is 17.6. The molecular weight excluding hydrogens is 436 g/mol. The highest BCUT2D eigenvalue weighted by Crippen LogP contribution is 2.34. The van der Waals surface area contributed by atoms with E-state index < -0.39 is 0 Å². The first-order valence-electron chi connectivity index (χ1n) is 13.0. The van der Waals surface area contributed by atoms with Crippen LogP contribution in [0.2, 0.25) is 0 Å². The van der Waals surface area contributed by atoms with Crippen LogP contribution < -0.4 is 5.32 Å². The molecule has 2 saturated heterocycles. The summed E-state index contributed by atoms with van der Waals surface area (Å²) >= 11 is 0.